The SMILES string of the molecule is CC(=O)Nc1cccc(Nc2ncnc(N3CCC(CCc4ccc(Cl)cc4)CC3)n2)c1C. The van der Waals surface area contributed by atoms with Gasteiger partial charge in [0.05, 0.1) is 0 Å². The van der Waals surface area contributed by atoms with E-state index in [0.717, 1.165) is 54.3 Å². The van der Waals surface area contributed by atoms with E-state index in [1.165, 1.54) is 18.9 Å². The summed E-state index contributed by atoms with van der Waals surface area (Å²) in [6.07, 6.45) is 6.06. The van der Waals surface area contributed by atoms with E-state index in [1.54, 1.807) is 6.33 Å². The van der Waals surface area contributed by atoms with Crippen LogP contribution in [0.4, 0.5) is 23.3 Å². The normalized spacial score (nSPS) is 14.2. The summed E-state index contributed by atoms with van der Waals surface area (Å²) in [5, 5.41) is 6.90. The number of carbonyl (C=O) groups is 1. The molecule has 33 heavy (non-hydrogen) atoms. The molecule has 2 aromatic carbocycles. The standard InChI is InChI=1S/C25H29ClN6O/c1-17-22(29-18(2)33)4-3-5-23(17)30-24-27-16-28-25(31-24)32-14-12-20(13-15-32)7-6-19-8-10-21(26)11-9-19/h3-5,8-11,16,20H,6-7,12-15H2,1-2H3,(H,29,33)(H,27,28,30,31). The molecule has 4 rings (SSSR count). The van der Waals surface area contributed by atoms with Crippen LogP contribution in [0.2, 0.25) is 5.02 Å². The van der Waals surface area contributed by atoms with Crippen molar-refractivity contribution in [3.8, 4) is 0 Å². The quantitative estimate of drug-likeness (QED) is 0.488. The molecule has 0 bridgehead atoms. The highest BCUT2D eigenvalue weighted by molar-refractivity contribution is 6.30. The molecule has 0 atom stereocenters. The predicted octanol–water partition coefficient (Wildman–Crippen LogP) is 5.38. The Bertz CT molecular complexity index is 1100. The van der Waals surface area contributed by atoms with E-state index in [-0.39, 0.29) is 5.91 Å². The predicted molar refractivity (Wildman–Crippen MR) is 133 cm³/mol. The van der Waals surface area contributed by atoms with Crippen molar-refractivity contribution < 1.29 is 4.79 Å². The molecule has 1 amide bonds. The minimum absolute atomic E-state index is 0.103. The Hall–Kier alpha value is -3.19. The number of benzene rings is 2. The van der Waals surface area contributed by atoms with E-state index in [2.05, 4.69) is 42.6 Å². The van der Waals surface area contributed by atoms with Gasteiger partial charge >= 0.3 is 0 Å². The van der Waals surface area contributed by atoms with Crippen molar-refractivity contribution in [2.45, 2.75) is 39.5 Å². The topological polar surface area (TPSA) is 83.0 Å². The first kappa shape index (κ1) is 23.0. The number of nitrogens with one attached hydrogen (secondary N) is 2. The number of aromatic nitrogens is 3. The Kier molecular flexibility index (Phi) is 7.40. The van der Waals surface area contributed by atoms with E-state index in [1.807, 2.05) is 37.3 Å². The average molecular weight is 465 g/mol. The lowest BCUT2D eigenvalue weighted by molar-refractivity contribution is -0.114. The molecule has 1 aromatic heterocycles. The minimum atomic E-state index is -0.103. The van der Waals surface area contributed by atoms with Crippen molar-refractivity contribution in [3.63, 3.8) is 0 Å². The average Bonchev–Trinajstić information content (AvgIpc) is 2.82. The van der Waals surface area contributed by atoms with E-state index in [9.17, 15) is 4.79 Å². The Labute approximate surface area is 199 Å². The van der Waals surface area contributed by atoms with Crippen LogP contribution >= 0.6 is 11.6 Å². The number of hydrogen-bond acceptors (Lipinski definition) is 6. The van der Waals surface area contributed by atoms with Gasteiger partial charge in [0, 0.05) is 36.4 Å². The molecule has 1 aliphatic rings. The number of halogens is 1. The molecule has 0 radical (unpaired) electrons. The molecule has 1 fully saturated rings. The Morgan fingerprint density at radius 1 is 1.09 bits per heavy atom. The Balaban J connectivity index is 1.34. The Morgan fingerprint density at radius 2 is 1.82 bits per heavy atom. The lowest BCUT2D eigenvalue weighted by Gasteiger charge is -2.32. The monoisotopic (exact) mass is 464 g/mol. The maximum Gasteiger partial charge on any atom is 0.232 e. The number of nitrogens with zero attached hydrogens (tertiary/aromatic N) is 4. The summed E-state index contributed by atoms with van der Waals surface area (Å²) in [4.78, 5) is 27.0. The van der Waals surface area contributed by atoms with Crippen LogP contribution in [0.25, 0.3) is 0 Å². The second kappa shape index (κ2) is 10.6. The van der Waals surface area contributed by atoms with E-state index in [0.29, 0.717) is 17.8 Å². The third-order valence-electron chi connectivity index (χ3n) is 6.10. The van der Waals surface area contributed by atoms with Crippen LogP contribution in [0.1, 0.15) is 37.3 Å². The summed E-state index contributed by atoms with van der Waals surface area (Å²) >= 11 is 5.98. The molecule has 1 aliphatic heterocycles. The third kappa shape index (κ3) is 6.20. The van der Waals surface area contributed by atoms with Gasteiger partial charge in [0.2, 0.25) is 17.8 Å². The van der Waals surface area contributed by atoms with Gasteiger partial charge in [-0.3, -0.25) is 4.79 Å². The molecule has 0 spiro atoms. The number of anilines is 4. The van der Waals surface area contributed by atoms with Gasteiger partial charge < -0.3 is 15.5 Å². The molecule has 2 heterocycles. The maximum atomic E-state index is 11.4. The van der Waals surface area contributed by atoms with Gasteiger partial charge in [-0.1, -0.05) is 29.8 Å². The van der Waals surface area contributed by atoms with Gasteiger partial charge in [-0.25, -0.2) is 9.97 Å². The first-order valence-electron chi connectivity index (χ1n) is 11.3. The van der Waals surface area contributed by atoms with Crippen molar-refractivity contribution in [1.29, 1.82) is 0 Å². The highest BCUT2D eigenvalue weighted by Gasteiger charge is 2.21. The Morgan fingerprint density at radius 3 is 2.55 bits per heavy atom. The first-order chi connectivity index (χ1) is 16.0. The van der Waals surface area contributed by atoms with Crippen molar-refractivity contribution >= 4 is 40.8 Å². The van der Waals surface area contributed by atoms with E-state index < -0.39 is 0 Å². The fourth-order valence-electron chi connectivity index (χ4n) is 4.16. The number of rotatable bonds is 7. The highest BCUT2D eigenvalue weighted by Crippen LogP contribution is 2.27. The summed E-state index contributed by atoms with van der Waals surface area (Å²) in [6.45, 7) is 5.32. The highest BCUT2D eigenvalue weighted by atomic mass is 35.5. The summed E-state index contributed by atoms with van der Waals surface area (Å²) in [5.41, 5.74) is 3.88. The maximum absolute atomic E-state index is 11.4. The van der Waals surface area contributed by atoms with Crippen LogP contribution in [0.3, 0.4) is 0 Å². The second-order valence-corrected chi connectivity index (χ2v) is 8.93. The smallest absolute Gasteiger partial charge is 0.232 e. The van der Waals surface area contributed by atoms with Crippen molar-refractivity contribution in [2.24, 2.45) is 5.92 Å². The zero-order valence-corrected chi connectivity index (χ0v) is 19.8. The van der Waals surface area contributed by atoms with Gasteiger partial charge in [-0.2, -0.15) is 4.98 Å². The molecule has 1 saturated heterocycles. The number of amides is 1. The zero-order chi connectivity index (χ0) is 23.2. The molecule has 0 aliphatic carbocycles. The summed E-state index contributed by atoms with van der Waals surface area (Å²) in [6, 6.07) is 13.9. The molecule has 3 aromatic rings. The summed E-state index contributed by atoms with van der Waals surface area (Å²) < 4.78 is 0. The lowest BCUT2D eigenvalue weighted by Crippen LogP contribution is -2.35. The molecule has 8 heteroatoms. The van der Waals surface area contributed by atoms with Crippen LogP contribution < -0.4 is 15.5 Å². The molecular weight excluding hydrogens is 436 g/mol. The van der Waals surface area contributed by atoms with Crippen molar-refractivity contribution in [1.82, 2.24) is 15.0 Å². The van der Waals surface area contributed by atoms with Crippen LogP contribution in [-0.2, 0) is 11.2 Å². The van der Waals surface area contributed by atoms with Gasteiger partial charge in [0.25, 0.3) is 0 Å². The van der Waals surface area contributed by atoms with Gasteiger partial charge in [0.1, 0.15) is 6.33 Å². The number of piperidine rings is 1. The van der Waals surface area contributed by atoms with E-state index >= 15 is 0 Å². The van der Waals surface area contributed by atoms with Crippen LogP contribution in [0.15, 0.2) is 48.8 Å². The summed E-state index contributed by atoms with van der Waals surface area (Å²) in [7, 11) is 0. The summed E-state index contributed by atoms with van der Waals surface area (Å²) in [5.74, 6) is 1.79. The van der Waals surface area contributed by atoms with Crippen molar-refractivity contribution in [2.75, 3.05) is 28.6 Å². The van der Waals surface area contributed by atoms with E-state index in [4.69, 9.17) is 11.6 Å². The first-order valence-corrected chi connectivity index (χ1v) is 11.7. The fraction of sp³-hybridized carbons (Fsp3) is 0.360. The van der Waals surface area contributed by atoms with Crippen LogP contribution in [0, 0.1) is 12.8 Å². The van der Waals surface area contributed by atoms with Gasteiger partial charge in [-0.15, -0.1) is 0 Å². The van der Waals surface area contributed by atoms with Crippen LogP contribution in [0.5, 0.6) is 0 Å². The zero-order valence-electron chi connectivity index (χ0n) is 19.0. The second-order valence-electron chi connectivity index (χ2n) is 8.49. The largest absolute Gasteiger partial charge is 0.341 e. The number of aryl methyl sites for hydroxylation is 1. The molecule has 7 nitrogen and oxygen atoms in total. The van der Waals surface area contributed by atoms with Gasteiger partial charge in [0.15, 0.2) is 0 Å². The number of carbonyl (C=O) groups excluding carboxylic acids is 1. The molecular formula is C25H29ClN6O. The third-order valence-corrected chi connectivity index (χ3v) is 6.35. The fourth-order valence-corrected chi connectivity index (χ4v) is 4.29. The molecule has 172 valence electrons. The molecule has 0 saturated carbocycles. The lowest BCUT2D eigenvalue weighted by atomic mass is 9.91. The number of hydrogen-bond donors (Lipinski definition) is 2. The minimum Gasteiger partial charge on any atom is -0.341 e. The van der Waals surface area contributed by atoms with Gasteiger partial charge in [-0.05, 0) is 73.9 Å². The molecule has 0 unspecified atom stereocenters. The molecule has 2 N–H and O–H groups in total. The van der Waals surface area contributed by atoms with Crippen LogP contribution in [-0.4, -0.2) is 33.9 Å². The van der Waals surface area contributed by atoms with Crippen molar-refractivity contribution in [3.05, 3.63) is 64.9 Å².